The number of aromatic amines is 1. The number of ether oxygens (including phenoxy) is 3. The van der Waals surface area contributed by atoms with Crippen molar-refractivity contribution in [3.05, 3.63) is 111 Å². The molecule has 0 unspecified atom stereocenters. The van der Waals surface area contributed by atoms with Gasteiger partial charge in [0.05, 0.1) is 53.6 Å². The molecule has 5 aromatic rings. The van der Waals surface area contributed by atoms with Gasteiger partial charge in [0.15, 0.2) is 0 Å². The van der Waals surface area contributed by atoms with Gasteiger partial charge < -0.3 is 34.3 Å². The second-order valence-corrected chi connectivity index (χ2v) is 19.9. The van der Waals surface area contributed by atoms with Gasteiger partial charge in [-0.1, -0.05) is 43.2 Å². The molecule has 1 amide bonds. The summed E-state index contributed by atoms with van der Waals surface area (Å²) in [5.74, 6) is -0.504. The van der Waals surface area contributed by atoms with Crippen molar-refractivity contribution >= 4 is 72.6 Å². The van der Waals surface area contributed by atoms with E-state index in [9.17, 15) is 23.3 Å². The summed E-state index contributed by atoms with van der Waals surface area (Å²) in [7, 11) is -4.59. The van der Waals surface area contributed by atoms with Crippen LogP contribution in [0.3, 0.4) is 0 Å². The van der Waals surface area contributed by atoms with Gasteiger partial charge in [0.1, 0.15) is 17.0 Å². The van der Waals surface area contributed by atoms with Gasteiger partial charge in [-0.15, -0.1) is 0 Å². The number of piperazine rings is 1. The maximum absolute atomic E-state index is 14.4. The van der Waals surface area contributed by atoms with E-state index >= 15 is 0 Å². The molecule has 9 rings (SSSR count). The number of nitrogens with one attached hydrogen (secondary N) is 3. The van der Waals surface area contributed by atoms with Crippen molar-refractivity contribution in [2.45, 2.75) is 50.5 Å². The van der Waals surface area contributed by atoms with Crippen molar-refractivity contribution in [1.29, 1.82) is 0 Å². The molecule has 0 saturated carbocycles. The van der Waals surface area contributed by atoms with E-state index in [1.54, 1.807) is 12.3 Å². The second-order valence-electron chi connectivity index (χ2n) is 17.8. The highest BCUT2D eigenvalue weighted by molar-refractivity contribution is 7.90. The number of hydrogen-bond acceptors (Lipinski definition) is 13. The van der Waals surface area contributed by atoms with E-state index in [1.165, 1.54) is 28.8 Å². The molecule has 2 saturated heterocycles. The standard InChI is InChI=1S/C47H53ClN8O8S/c1-47(2)14-12-33(39(27-47)31-4-6-34(48)7-5-31)29-53-17-19-54(20-18-53)35-8-10-38(41(25-35)55-16-3-21-64-46-43(55)24-32-13-15-49-44(32)51-46)45(57)52-65(60,61)37-9-11-40(42(26-37)56(58)59)50-28-36-30-62-22-23-63-36/h4-11,13,15,24-26,36,50H,3,12,14,16-23,27-30H2,1-2H3,(H,49,51)(H,52,57)/t36-/m0/s1. The van der Waals surface area contributed by atoms with Gasteiger partial charge in [-0.25, -0.2) is 13.1 Å². The third-order valence-electron chi connectivity index (χ3n) is 12.7. The SMILES string of the molecule is CC1(C)CCC(CN2CCN(c3ccc(C(=O)NS(=O)(=O)c4ccc(NC[C@H]5COCCO5)c([N+](=O)[O-])c4)c(N4CCCOc5nc6[nH]ccc6cc54)c3)CC2)=C(c2ccc(Cl)cc2)C1. The summed E-state index contributed by atoms with van der Waals surface area (Å²) in [5.41, 5.74) is 6.73. The Balaban J connectivity index is 0.986. The Kier molecular flexibility index (Phi) is 12.8. The van der Waals surface area contributed by atoms with E-state index in [-0.39, 0.29) is 29.3 Å². The van der Waals surface area contributed by atoms with Gasteiger partial charge in [-0.2, -0.15) is 4.98 Å². The lowest BCUT2D eigenvalue weighted by molar-refractivity contribution is -0.384. The molecule has 1 aliphatic carbocycles. The van der Waals surface area contributed by atoms with Crippen molar-refractivity contribution < 1.29 is 32.3 Å². The number of pyridine rings is 1. The lowest BCUT2D eigenvalue weighted by Gasteiger charge is -2.39. The summed E-state index contributed by atoms with van der Waals surface area (Å²) in [6.45, 7) is 11.0. The maximum Gasteiger partial charge on any atom is 0.293 e. The van der Waals surface area contributed by atoms with Crippen molar-refractivity contribution in [3.8, 4) is 5.88 Å². The Hall–Kier alpha value is -5.72. The molecule has 3 aliphatic heterocycles. The summed E-state index contributed by atoms with van der Waals surface area (Å²) in [6, 6.07) is 21.0. The normalized spacial score (nSPS) is 19.3. The molecule has 0 bridgehead atoms. The van der Waals surface area contributed by atoms with Gasteiger partial charge in [0, 0.05) is 74.2 Å². The first-order chi connectivity index (χ1) is 31.3. The number of sulfonamides is 1. The fourth-order valence-corrected chi connectivity index (χ4v) is 10.3. The number of aromatic nitrogens is 2. The molecular formula is C47H53ClN8O8S. The Bertz CT molecular complexity index is 2730. The van der Waals surface area contributed by atoms with Crippen LogP contribution in [0.4, 0.5) is 28.4 Å². The minimum absolute atomic E-state index is 0.0994. The largest absolute Gasteiger partial charge is 0.476 e. The minimum atomic E-state index is -4.59. The summed E-state index contributed by atoms with van der Waals surface area (Å²) < 4.78 is 47.2. The molecule has 3 N–H and O–H groups in total. The second kappa shape index (κ2) is 18.6. The van der Waals surface area contributed by atoms with Crippen molar-refractivity contribution in [1.82, 2.24) is 19.6 Å². The predicted molar refractivity (Wildman–Crippen MR) is 251 cm³/mol. The van der Waals surface area contributed by atoms with E-state index < -0.39 is 31.4 Å². The van der Waals surface area contributed by atoms with Crippen molar-refractivity contribution in [2.75, 3.05) is 87.4 Å². The van der Waals surface area contributed by atoms with Crippen LogP contribution in [0.25, 0.3) is 16.6 Å². The van der Waals surface area contributed by atoms with E-state index in [2.05, 4.69) is 50.8 Å². The first kappa shape index (κ1) is 44.5. The minimum Gasteiger partial charge on any atom is -0.476 e. The highest BCUT2D eigenvalue weighted by Crippen LogP contribution is 2.44. The molecule has 4 aliphatic rings. The van der Waals surface area contributed by atoms with Gasteiger partial charge in [-0.05, 0) is 96.8 Å². The molecule has 342 valence electrons. The number of halogens is 1. The monoisotopic (exact) mass is 924 g/mol. The van der Waals surface area contributed by atoms with E-state index in [4.69, 9.17) is 30.8 Å². The lowest BCUT2D eigenvalue weighted by Crippen LogP contribution is -2.47. The first-order valence-corrected chi connectivity index (χ1v) is 23.9. The first-order valence-electron chi connectivity index (χ1n) is 22.1. The van der Waals surface area contributed by atoms with Gasteiger partial charge in [0.2, 0.25) is 5.88 Å². The average molecular weight is 926 g/mol. The van der Waals surface area contributed by atoms with Gasteiger partial charge >= 0.3 is 0 Å². The zero-order chi connectivity index (χ0) is 45.3. The number of rotatable bonds is 12. The number of benzene rings is 3. The van der Waals surface area contributed by atoms with E-state index in [0.717, 1.165) is 74.1 Å². The van der Waals surface area contributed by atoms with E-state index in [0.29, 0.717) is 62.3 Å². The number of fused-ring (bicyclic) bond motifs is 2. The number of nitro groups is 1. The molecule has 5 heterocycles. The number of nitrogens with zero attached hydrogens (tertiary/aromatic N) is 5. The van der Waals surface area contributed by atoms with Crippen LogP contribution in [0.5, 0.6) is 5.88 Å². The molecule has 1 atom stereocenters. The third-order valence-corrected chi connectivity index (χ3v) is 14.3. The Morgan fingerprint density at radius 2 is 1.80 bits per heavy atom. The van der Waals surface area contributed by atoms with Gasteiger partial charge in [-0.3, -0.25) is 19.8 Å². The number of allylic oxidation sites excluding steroid dienone is 1. The van der Waals surface area contributed by atoms with Crippen LogP contribution in [-0.2, 0) is 19.5 Å². The third kappa shape index (κ3) is 9.94. The van der Waals surface area contributed by atoms with Crippen molar-refractivity contribution in [3.63, 3.8) is 0 Å². The highest BCUT2D eigenvalue weighted by atomic mass is 35.5. The molecule has 2 aromatic heterocycles. The van der Waals surface area contributed by atoms with Crippen LogP contribution < -0.4 is 24.6 Å². The molecule has 3 aromatic carbocycles. The van der Waals surface area contributed by atoms with E-state index in [1.807, 2.05) is 41.3 Å². The van der Waals surface area contributed by atoms with Crippen molar-refractivity contribution in [2.24, 2.45) is 5.41 Å². The smallest absolute Gasteiger partial charge is 0.293 e. The fourth-order valence-electron chi connectivity index (χ4n) is 9.14. The summed E-state index contributed by atoms with van der Waals surface area (Å²) in [4.78, 5) is 40.1. The number of H-pyrrole nitrogens is 1. The Morgan fingerprint density at radius 1 is 0.985 bits per heavy atom. The molecule has 16 nitrogen and oxygen atoms in total. The van der Waals surface area contributed by atoms with Crippen LogP contribution in [0, 0.1) is 15.5 Å². The zero-order valence-electron chi connectivity index (χ0n) is 36.5. The van der Waals surface area contributed by atoms with Gasteiger partial charge in [0.25, 0.3) is 21.6 Å². The maximum atomic E-state index is 14.4. The number of carbonyl (C=O) groups is 1. The number of anilines is 4. The van der Waals surface area contributed by atoms with Crippen LogP contribution in [0.15, 0.2) is 89.5 Å². The summed E-state index contributed by atoms with van der Waals surface area (Å²) >= 11 is 6.27. The van der Waals surface area contributed by atoms with Crippen LogP contribution in [0.1, 0.15) is 55.5 Å². The summed E-state index contributed by atoms with van der Waals surface area (Å²) in [6.07, 6.45) is 5.26. The Morgan fingerprint density at radius 3 is 2.57 bits per heavy atom. The molecule has 18 heteroatoms. The lowest BCUT2D eigenvalue weighted by atomic mass is 9.72. The summed E-state index contributed by atoms with van der Waals surface area (Å²) in [5, 5.41) is 16.7. The highest BCUT2D eigenvalue weighted by Gasteiger charge is 2.32. The van der Waals surface area contributed by atoms with Crippen LogP contribution in [-0.4, -0.2) is 112 Å². The molecule has 0 radical (unpaired) electrons. The number of amides is 1. The predicted octanol–water partition coefficient (Wildman–Crippen LogP) is 7.78. The topological polar surface area (TPSA) is 185 Å². The molecule has 2 fully saturated rings. The fraction of sp³-hybridized carbons (Fsp3) is 0.404. The van der Waals surface area contributed by atoms with Crippen LogP contribution >= 0.6 is 11.6 Å². The molecular weight excluding hydrogens is 872 g/mol. The number of carbonyl (C=O) groups excluding carboxylic acids is 1. The molecule has 65 heavy (non-hydrogen) atoms. The average Bonchev–Trinajstić information content (AvgIpc) is 3.66. The van der Waals surface area contributed by atoms with Crippen LogP contribution in [0.2, 0.25) is 5.02 Å². The number of hydrogen-bond donors (Lipinski definition) is 3. The molecule has 0 spiro atoms. The zero-order valence-corrected chi connectivity index (χ0v) is 38.1. The Labute approximate surface area is 383 Å². The number of nitro benzene ring substituents is 1. The quantitative estimate of drug-likeness (QED) is 0.0815.